The molecule has 0 bridgehead atoms. The van der Waals surface area contributed by atoms with E-state index in [0.29, 0.717) is 51.6 Å². The summed E-state index contributed by atoms with van der Waals surface area (Å²) in [7, 11) is 0. The minimum Gasteiger partial charge on any atom is -0.392 e. The first-order valence-corrected chi connectivity index (χ1v) is 12.6. The van der Waals surface area contributed by atoms with Gasteiger partial charge in [0.05, 0.1) is 23.4 Å². The quantitative estimate of drug-likeness (QED) is 0.195. The van der Waals surface area contributed by atoms with Crippen LogP contribution in [0.1, 0.15) is 59.5 Å². The molecule has 0 spiro atoms. The fourth-order valence-corrected chi connectivity index (χ4v) is 4.64. The van der Waals surface area contributed by atoms with E-state index in [9.17, 15) is 14.7 Å². The lowest BCUT2D eigenvalue weighted by Crippen LogP contribution is -2.24. The first kappa shape index (κ1) is 24.5. The van der Waals surface area contributed by atoms with Crippen LogP contribution in [-0.2, 0) is 6.61 Å². The van der Waals surface area contributed by atoms with Gasteiger partial charge in [0.15, 0.2) is 5.78 Å². The maximum Gasteiger partial charge on any atom is 0.270 e. The highest BCUT2D eigenvalue weighted by Gasteiger charge is 2.19. The number of rotatable bonds is 10. The Hall–Kier alpha value is -3.62. The number of nitrogens with zero attached hydrogens (tertiary/aromatic N) is 2. The van der Waals surface area contributed by atoms with E-state index in [1.807, 2.05) is 49.4 Å². The van der Waals surface area contributed by atoms with Crippen molar-refractivity contribution in [3.8, 4) is 10.6 Å². The summed E-state index contributed by atoms with van der Waals surface area (Å²) in [5.41, 5.74) is 4.36. The van der Waals surface area contributed by atoms with E-state index < -0.39 is 0 Å². The number of pyridine rings is 1. The Kier molecular flexibility index (Phi) is 7.84. The molecule has 0 saturated heterocycles. The van der Waals surface area contributed by atoms with Crippen molar-refractivity contribution in [1.82, 2.24) is 15.3 Å². The lowest BCUT2D eigenvalue weighted by atomic mass is 9.99. The zero-order valence-electron chi connectivity index (χ0n) is 19.8. The molecule has 0 atom stereocenters. The number of Topliss-reactive ketones (excluding diaryl/α,β-unsaturated/α-hetero) is 1. The normalized spacial score (nSPS) is 10.9. The molecule has 0 unspecified atom stereocenters. The minimum absolute atomic E-state index is 0.0223. The van der Waals surface area contributed by atoms with E-state index in [1.54, 1.807) is 11.6 Å². The zero-order valence-corrected chi connectivity index (χ0v) is 20.6. The lowest BCUT2D eigenvalue weighted by molar-refractivity contribution is 0.0947. The number of benzene rings is 2. The minimum atomic E-state index is -0.212. The average molecular weight is 489 g/mol. The number of ketones is 1. The number of hydrogen-bond acceptors (Lipinski definition) is 7. The summed E-state index contributed by atoms with van der Waals surface area (Å²) < 4.78 is 0. The smallest absolute Gasteiger partial charge is 0.270 e. The van der Waals surface area contributed by atoms with Crippen molar-refractivity contribution in [3.05, 3.63) is 70.9 Å². The predicted molar refractivity (Wildman–Crippen MR) is 140 cm³/mol. The largest absolute Gasteiger partial charge is 0.392 e. The molecule has 2 heterocycles. The first-order valence-electron chi connectivity index (χ1n) is 11.7. The molecule has 0 fully saturated rings. The van der Waals surface area contributed by atoms with Crippen LogP contribution >= 0.6 is 11.3 Å². The summed E-state index contributed by atoms with van der Waals surface area (Å²) in [5, 5.41) is 19.4. The zero-order chi connectivity index (χ0) is 24.8. The highest BCUT2D eigenvalue weighted by atomic mass is 32.1. The van der Waals surface area contributed by atoms with Gasteiger partial charge in [-0.1, -0.05) is 38.5 Å². The van der Waals surface area contributed by atoms with E-state index in [1.165, 1.54) is 11.3 Å². The van der Waals surface area contributed by atoms with Crippen LogP contribution in [0.4, 0.5) is 11.4 Å². The Bertz CT molecular complexity index is 1350. The second-order valence-electron chi connectivity index (χ2n) is 8.15. The predicted octanol–water partition coefficient (Wildman–Crippen LogP) is 5.72. The highest BCUT2D eigenvalue weighted by molar-refractivity contribution is 7.13. The molecule has 3 N–H and O–H groups in total. The van der Waals surface area contributed by atoms with Crippen LogP contribution in [-0.4, -0.2) is 33.3 Å². The Morgan fingerprint density at radius 1 is 1.11 bits per heavy atom. The molecule has 7 nitrogen and oxygen atoms in total. The van der Waals surface area contributed by atoms with Gasteiger partial charge >= 0.3 is 0 Å². The van der Waals surface area contributed by atoms with Gasteiger partial charge in [0, 0.05) is 41.2 Å². The molecular weight excluding hydrogens is 460 g/mol. The Labute approximate surface area is 208 Å². The number of anilines is 2. The number of carbonyl (C=O) groups excluding carboxylic acids is 2. The average Bonchev–Trinajstić information content (AvgIpc) is 3.38. The number of aromatic nitrogens is 2. The third-order valence-corrected chi connectivity index (χ3v) is 6.59. The van der Waals surface area contributed by atoms with Crippen LogP contribution in [0.15, 0.2) is 54.0 Å². The topological polar surface area (TPSA) is 104 Å². The third kappa shape index (κ3) is 5.39. The van der Waals surface area contributed by atoms with Crippen molar-refractivity contribution in [2.24, 2.45) is 0 Å². The van der Waals surface area contributed by atoms with Gasteiger partial charge < -0.3 is 15.7 Å². The number of unbranched alkanes of at least 4 members (excludes halogenated alkanes) is 1. The van der Waals surface area contributed by atoms with Gasteiger partial charge in [0.1, 0.15) is 10.7 Å². The first-order chi connectivity index (χ1) is 17.0. The SMILES string of the molecule is CCCCNC(=O)c1csc(-c2cc3c(Nc4ccccc4)c(C(=O)CC)cnc3cc2CO)n1. The molecular formula is C27H28N4O3S. The number of carbonyl (C=O) groups is 2. The van der Waals surface area contributed by atoms with Crippen LogP contribution in [0.5, 0.6) is 0 Å². The molecule has 0 aliphatic rings. The van der Waals surface area contributed by atoms with Gasteiger partial charge in [-0.15, -0.1) is 11.3 Å². The molecule has 0 radical (unpaired) electrons. The van der Waals surface area contributed by atoms with Gasteiger partial charge in [-0.3, -0.25) is 14.6 Å². The molecule has 2 aromatic carbocycles. The Morgan fingerprint density at radius 2 is 1.91 bits per heavy atom. The highest BCUT2D eigenvalue weighted by Crippen LogP contribution is 2.36. The summed E-state index contributed by atoms with van der Waals surface area (Å²) in [6, 6.07) is 13.3. The molecule has 1 amide bonds. The van der Waals surface area contributed by atoms with Crippen molar-refractivity contribution in [3.63, 3.8) is 0 Å². The standard InChI is InChI=1S/C27H28N4O3S/c1-3-5-11-28-26(34)23-16-35-27(31-23)19-13-20-22(12-17(19)15-32)29-14-21(24(33)4-2)25(20)30-18-9-7-6-8-10-18/h6-10,12-14,16,32H,3-5,11,15H2,1-2H3,(H,28,34)(H,29,30). The maximum atomic E-state index is 12.8. The van der Waals surface area contributed by atoms with E-state index >= 15 is 0 Å². The van der Waals surface area contributed by atoms with Crippen molar-refractivity contribution >= 4 is 45.3 Å². The molecule has 0 saturated carbocycles. The molecule has 180 valence electrons. The fourth-order valence-electron chi connectivity index (χ4n) is 3.79. The second kappa shape index (κ2) is 11.2. The fraction of sp³-hybridized carbons (Fsp3) is 0.259. The number of hydrogen-bond donors (Lipinski definition) is 3. The Balaban J connectivity index is 1.82. The van der Waals surface area contributed by atoms with E-state index in [2.05, 4.69) is 27.5 Å². The molecule has 4 rings (SSSR count). The van der Waals surface area contributed by atoms with Gasteiger partial charge in [-0.2, -0.15) is 0 Å². The number of thiazole rings is 1. The van der Waals surface area contributed by atoms with Crippen LogP contribution in [0, 0.1) is 0 Å². The van der Waals surface area contributed by atoms with Crippen molar-refractivity contribution in [2.45, 2.75) is 39.7 Å². The lowest BCUT2D eigenvalue weighted by Gasteiger charge is -2.16. The van der Waals surface area contributed by atoms with Gasteiger partial charge in [0.25, 0.3) is 5.91 Å². The molecule has 0 aliphatic carbocycles. The van der Waals surface area contributed by atoms with Crippen LogP contribution in [0.2, 0.25) is 0 Å². The van der Waals surface area contributed by atoms with Crippen molar-refractivity contribution < 1.29 is 14.7 Å². The molecule has 4 aromatic rings. The molecule has 35 heavy (non-hydrogen) atoms. The summed E-state index contributed by atoms with van der Waals surface area (Å²) in [6.07, 6.45) is 3.84. The number of fused-ring (bicyclic) bond motifs is 1. The number of amides is 1. The summed E-state index contributed by atoms with van der Waals surface area (Å²) in [6.45, 7) is 4.29. The van der Waals surface area contributed by atoms with E-state index in [-0.39, 0.29) is 18.3 Å². The molecule has 8 heteroatoms. The van der Waals surface area contributed by atoms with Crippen LogP contribution in [0.25, 0.3) is 21.5 Å². The molecule has 2 aromatic heterocycles. The maximum absolute atomic E-state index is 12.8. The van der Waals surface area contributed by atoms with Gasteiger partial charge in [0.2, 0.25) is 0 Å². The van der Waals surface area contributed by atoms with E-state index in [0.717, 1.165) is 23.9 Å². The van der Waals surface area contributed by atoms with Gasteiger partial charge in [-0.25, -0.2) is 4.98 Å². The monoisotopic (exact) mass is 488 g/mol. The van der Waals surface area contributed by atoms with Gasteiger partial charge in [-0.05, 0) is 36.2 Å². The third-order valence-electron chi connectivity index (χ3n) is 5.71. The van der Waals surface area contributed by atoms with Crippen LogP contribution < -0.4 is 10.6 Å². The number of aliphatic hydroxyl groups excluding tert-OH is 1. The summed E-state index contributed by atoms with van der Waals surface area (Å²) >= 11 is 1.34. The molecule has 0 aliphatic heterocycles. The second-order valence-corrected chi connectivity index (χ2v) is 9.00. The number of para-hydroxylation sites is 1. The number of aliphatic hydroxyl groups is 1. The van der Waals surface area contributed by atoms with Crippen molar-refractivity contribution in [1.29, 1.82) is 0 Å². The summed E-state index contributed by atoms with van der Waals surface area (Å²) in [4.78, 5) is 34.3. The van der Waals surface area contributed by atoms with E-state index in [4.69, 9.17) is 0 Å². The summed E-state index contributed by atoms with van der Waals surface area (Å²) in [5.74, 6) is -0.234. The Morgan fingerprint density at radius 3 is 2.63 bits per heavy atom. The number of nitrogens with one attached hydrogen (secondary N) is 2. The van der Waals surface area contributed by atoms with Crippen LogP contribution in [0.3, 0.4) is 0 Å². The van der Waals surface area contributed by atoms with Crippen molar-refractivity contribution in [2.75, 3.05) is 11.9 Å².